The van der Waals surface area contributed by atoms with Gasteiger partial charge in [-0.3, -0.25) is 4.79 Å². The fraction of sp³-hybridized carbons (Fsp3) is 0.158. The van der Waals surface area contributed by atoms with Crippen molar-refractivity contribution < 1.29 is 4.79 Å². The quantitative estimate of drug-likeness (QED) is 0.763. The van der Waals surface area contributed by atoms with Gasteiger partial charge in [0.05, 0.1) is 12.7 Å². The van der Waals surface area contributed by atoms with Gasteiger partial charge in [0.25, 0.3) is 5.91 Å². The molecule has 3 aromatic rings. The van der Waals surface area contributed by atoms with Gasteiger partial charge in [0.1, 0.15) is 5.82 Å². The maximum Gasteiger partial charge on any atom is 0.256 e. The lowest BCUT2D eigenvalue weighted by molar-refractivity contribution is 0.102. The molecular formula is C19H18ClN3O. The van der Waals surface area contributed by atoms with Crippen LogP contribution < -0.4 is 5.32 Å². The number of carbonyl (C=O) groups excluding carboxylic acids is 1. The predicted octanol–water partition coefficient (Wildman–Crippen LogP) is 4.45. The van der Waals surface area contributed by atoms with Crippen molar-refractivity contribution in [3.8, 4) is 0 Å². The van der Waals surface area contributed by atoms with E-state index in [1.54, 1.807) is 16.9 Å². The van der Waals surface area contributed by atoms with Crippen molar-refractivity contribution in [1.82, 2.24) is 9.78 Å². The van der Waals surface area contributed by atoms with E-state index >= 15 is 0 Å². The molecule has 0 spiro atoms. The number of anilines is 1. The van der Waals surface area contributed by atoms with Crippen molar-refractivity contribution in [3.05, 3.63) is 82.0 Å². The number of hydrogen-bond donors (Lipinski definition) is 1. The fourth-order valence-corrected chi connectivity index (χ4v) is 2.88. The number of nitrogens with one attached hydrogen (secondary N) is 1. The summed E-state index contributed by atoms with van der Waals surface area (Å²) >= 11 is 6.02. The van der Waals surface area contributed by atoms with Crippen molar-refractivity contribution in [2.45, 2.75) is 20.4 Å². The summed E-state index contributed by atoms with van der Waals surface area (Å²) in [6.45, 7) is 4.50. The van der Waals surface area contributed by atoms with Crippen molar-refractivity contribution in [2.75, 3.05) is 5.32 Å². The number of aryl methyl sites for hydroxylation is 2. The SMILES string of the molecule is Cc1cc(C)cc(C(=O)Nc2ccnn2Cc2cccc(Cl)c2)c1. The van der Waals surface area contributed by atoms with Crippen LogP contribution in [-0.4, -0.2) is 15.7 Å². The summed E-state index contributed by atoms with van der Waals surface area (Å²) in [5.74, 6) is 0.508. The van der Waals surface area contributed by atoms with Gasteiger partial charge in [0.2, 0.25) is 0 Å². The van der Waals surface area contributed by atoms with Gasteiger partial charge in [-0.25, -0.2) is 4.68 Å². The van der Waals surface area contributed by atoms with Crippen LogP contribution in [0.15, 0.2) is 54.7 Å². The zero-order valence-electron chi connectivity index (χ0n) is 13.6. The van der Waals surface area contributed by atoms with Crippen LogP contribution in [0.4, 0.5) is 5.82 Å². The monoisotopic (exact) mass is 339 g/mol. The highest BCUT2D eigenvalue weighted by Crippen LogP contribution is 2.16. The summed E-state index contributed by atoms with van der Waals surface area (Å²) in [4.78, 5) is 12.5. The lowest BCUT2D eigenvalue weighted by Crippen LogP contribution is -2.16. The second kappa shape index (κ2) is 6.89. The summed E-state index contributed by atoms with van der Waals surface area (Å²) in [5.41, 5.74) is 3.79. The highest BCUT2D eigenvalue weighted by Gasteiger charge is 2.11. The van der Waals surface area contributed by atoms with Crippen LogP contribution in [0, 0.1) is 13.8 Å². The number of carbonyl (C=O) groups is 1. The molecule has 5 heteroatoms. The van der Waals surface area contributed by atoms with Crippen LogP contribution in [0.2, 0.25) is 5.02 Å². The van der Waals surface area contributed by atoms with Crippen molar-refractivity contribution in [1.29, 1.82) is 0 Å². The zero-order chi connectivity index (χ0) is 17.1. The number of nitrogens with zero attached hydrogens (tertiary/aromatic N) is 2. The minimum Gasteiger partial charge on any atom is -0.307 e. The second-order valence-corrected chi connectivity index (χ2v) is 6.27. The van der Waals surface area contributed by atoms with Gasteiger partial charge in [-0.2, -0.15) is 5.10 Å². The molecule has 2 aromatic carbocycles. The molecule has 1 heterocycles. The molecule has 1 N–H and O–H groups in total. The molecule has 3 rings (SSSR count). The van der Waals surface area contributed by atoms with Gasteiger partial charge in [0.15, 0.2) is 0 Å². The topological polar surface area (TPSA) is 46.9 Å². The lowest BCUT2D eigenvalue weighted by Gasteiger charge is -2.10. The summed E-state index contributed by atoms with van der Waals surface area (Å²) in [5, 5.41) is 7.89. The Balaban J connectivity index is 1.79. The molecule has 4 nitrogen and oxygen atoms in total. The number of hydrogen-bond acceptors (Lipinski definition) is 2. The molecule has 0 radical (unpaired) electrons. The Labute approximate surface area is 146 Å². The maximum atomic E-state index is 12.5. The molecule has 122 valence electrons. The van der Waals surface area contributed by atoms with Gasteiger partial charge in [-0.1, -0.05) is 40.9 Å². The zero-order valence-corrected chi connectivity index (χ0v) is 14.3. The van der Waals surface area contributed by atoms with E-state index in [9.17, 15) is 4.79 Å². The van der Waals surface area contributed by atoms with Crippen LogP contribution in [0.25, 0.3) is 0 Å². The summed E-state index contributed by atoms with van der Waals surface area (Å²) in [6.07, 6.45) is 1.67. The van der Waals surface area contributed by atoms with Gasteiger partial charge in [-0.15, -0.1) is 0 Å². The van der Waals surface area contributed by atoms with Crippen LogP contribution in [-0.2, 0) is 6.54 Å². The first-order chi connectivity index (χ1) is 11.5. The summed E-state index contributed by atoms with van der Waals surface area (Å²) < 4.78 is 1.74. The van der Waals surface area contributed by atoms with E-state index in [2.05, 4.69) is 10.4 Å². The van der Waals surface area contributed by atoms with Gasteiger partial charge >= 0.3 is 0 Å². The van der Waals surface area contributed by atoms with Gasteiger partial charge in [0, 0.05) is 16.7 Å². The Morgan fingerprint density at radius 2 is 1.88 bits per heavy atom. The van der Waals surface area contributed by atoms with Crippen molar-refractivity contribution in [2.24, 2.45) is 0 Å². The Morgan fingerprint density at radius 1 is 1.12 bits per heavy atom. The highest BCUT2D eigenvalue weighted by atomic mass is 35.5. The Hall–Kier alpha value is -2.59. The third-order valence-electron chi connectivity index (χ3n) is 3.66. The van der Waals surface area contributed by atoms with Gasteiger partial charge in [-0.05, 0) is 43.7 Å². The number of rotatable bonds is 4. The van der Waals surface area contributed by atoms with Crippen molar-refractivity contribution in [3.63, 3.8) is 0 Å². The third-order valence-corrected chi connectivity index (χ3v) is 3.90. The van der Waals surface area contributed by atoms with Crippen LogP contribution in [0.1, 0.15) is 27.0 Å². The van der Waals surface area contributed by atoms with Crippen LogP contribution in [0.3, 0.4) is 0 Å². The minimum atomic E-state index is -0.144. The molecule has 0 fully saturated rings. The molecule has 0 unspecified atom stereocenters. The largest absolute Gasteiger partial charge is 0.307 e. The first-order valence-electron chi connectivity index (χ1n) is 7.67. The molecule has 0 bridgehead atoms. The molecule has 24 heavy (non-hydrogen) atoms. The van der Waals surface area contributed by atoms with E-state index in [1.165, 1.54) is 0 Å². The summed E-state index contributed by atoms with van der Waals surface area (Å²) in [7, 11) is 0. The molecular weight excluding hydrogens is 322 g/mol. The number of amides is 1. The average molecular weight is 340 g/mol. The van der Waals surface area contributed by atoms with E-state index in [-0.39, 0.29) is 5.91 Å². The predicted molar refractivity (Wildman–Crippen MR) is 96.7 cm³/mol. The van der Waals surface area contributed by atoms with Crippen LogP contribution in [0.5, 0.6) is 0 Å². The molecule has 0 aliphatic rings. The number of halogens is 1. The molecule has 0 saturated heterocycles. The standard InChI is InChI=1S/C19H18ClN3O/c1-13-8-14(2)10-16(9-13)19(24)22-18-6-7-21-23(18)12-15-4-3-5-17(20)11-15/h3-11H,12H2,1-2H3,(H,22,24). The molecule has 0 aliphatic carbocycles. The lowest BCUT2D eigenvalue weighted by atomic mass is 10.1. The summed E-state index contributed by atoms with van der Waals surface area (Å²) in [6, 6.07) is 15.2. The van der Waals surface area contributed by atoms with E-state index in [1.807, 2.05) is 56.3 Å². The van der Waals surface area contributed by atoms with E-state index in [0.717, 1.165) is 16.7 Å². The van der Waals surface area contributed by atoms with E-state index in [0.29, 0.717) is 22.9 Å². The molecule has 0 aliphatic heterocycles. The van der Waals surface area contributed by atoms with E-state index < -0.39 is 0 Å². The molecule has 0 atom stereocenters. The third kappa shape index (κ3) is 3.84. The second-order valence-electron chi connectivity index (χ2n) is 5.83. The highest BCUT2D eigenvalue weighted by molar-refractivity contribution is 6.30. The first kappa shape index (κ1) is 16.3. The molecule has 1 aromatic heterocycles. The Morgan fingerprint density at radius 3 is 2.58 bits per heavy atom. The first-order valence-corrected chi connectivity index (χ1v) is 8.05. The Bertz CT molecular complexity index is 866. The Kier molecular flexibility index (Phi) is 4.67. The fourth-order valence-electron chi connectivity index (χ4n) is 2.67. The molecule has 1 amide bonds. The smallest absolute Gasteiger partial charge is 0.256 e. The van der Waals surface area contributed by atoms with E-state index in [4.69, 9.17) is 11.6 Å². The number of aromatic nitrogens is 2. The molecule has 0 saturated carbocycles. The maximum absolute atomic E-state index is 12.5. The normalized spacial score (nSPS) is 10.6. The minimum absolute atomic E-state index is 0.144. The average Bonchev–Trinajstić information content (AvgIpc) is 2.93. The van der Waals surface area contributed by atoms with Crippen LogP contribution >= 0.6 is 11.6 Å². The van der Waals surface area contributed by atoms with Gasteiger partial charge < -0.3 is 5.32 Å². The van der Waals surface area contributed by atoms with Crippen molar-refractivity contribution >= 4 is 23.3 Å². The number of benzene rings is 2.